The summed E-state index contributed by atoms with van der Waals surface area (Å²) in [7, 11) is 0. The van der Waals surface area contributed by atoms with E-state index in [-0.39, 0.29) is 12.5 Å². The largest absolute Gasteiger partial charge is 0.385 e. The Balaban J connectivity index is 1.49. The van der Waals surface area contributed by atoms with Gasteiger partial charge >= 0.3 is 6.03 Å². The van der Waals surface area contributed by atoms with Gasteiger partial charge in [0.05, 0.1) is 12.1 Å². The zero-order chi connectivity index (χ0) is 20.1. The van der Waals surface area contributed by atoms with Gasteiger partial charge in [-0.1, -0.05) is 48.5 Å². The summed E-state index contributed by atoms with van der Waals surface area (Å²) in [5.41, 5.74) is 2.66. The fourth-order valence-electron chi connectivity index (χ4n) is 3.64. The molecular weight excluding hydrogens is 354 g/mol. The predicted molar refractivity (Wildman–Crippen MR) is 109 cm³/mol. The number of carbonyl (C=O) groups excluding carboxylic acids is 2. The van der Waals surface area contributed by atoms with Crippen LogP contribution in [0.15, 0.2) is 48.5 Å². The molecule has 0 spiro atoms. The number of urea groups is 1. The van der Waals surface area contributed by atoms with Crippen LogP contribution in [0.5, 0.6) is 0 Å². The van der Waals surface area contributed by atoms with Crippen molar-refractivity contribution in [3.63, 3.8) is 0 Å². The number of hydrogen-bond donors (Lipinski definition) is 3. The van der Waals surface area contributed by atoms with Gasteiger partial charge in [0, 0.05) is 18.8 Å². The molecule has 28 heavy (non-hydrogen) atoms. The van der Waals surface area contributed by atoms with Gasteiger partial charge in [0.2, 0.25) is 5.91 Å². The lowest BCUT2D eigenvalue weighted by Crippen LogP contribution is -2.47. The minimum Gasteiger partial charge on any atom is -0.385 e. The standard InChI is InChI=1S/C22H27N3O3/c1-16-7-6-8-17(2)20(16)24-21(27)23-19(26)15-25-13-11-22(28,12-14-25)18-9-4-3-5-10-18/h3-10,28H,11-15H2,1-2H3,(H2,23,24,26,27). The number of nitrogens with one attached hydrogen (secondary N) is 2. The molecule has 1 heterocycles. The highest BCUT2D eigenvalue weighted by atomic mass is 16.3. The predicted octanol–water partition coefficient (Wildman–Crippen LogP) is 2.94. The molecule has 2 aromatic carbocycles. The van der Waals surface area contributed by atoms with Gasteiger partial charge in [0.15, 0.2) is 0 Å². The summed E-state index contributed by atoms with van der Waals surface area (Å²) in [5, 5.41) is 16.0. The first kappa shape index (κ1) is 20.0. The Hall–Kier alpha value is -2.70. The third-order valence-electron chi connectivity index (χ3n) is 5.33. The molecule has 0 aromatic heterocycles. The number of piperidine rings is 1. The van der Waals surface area contributed by atoms with E-state index in [1.807, 2.05) is 67.3 Å². The average molecular weight is 381 g/mol. The van der Waals surface area contributed by atoms with Crippen molar-refractivity contribution in [2.24, 2.45) is 0 Å². The highest BCUT2D eigenvalue weighted by Gasteiger charge is 2.34. The molecule has 3 amide bonds. The Morgan fingerprint density at radius 2 is 1.61 bits per heavy atom. The molecule has 148 valence electrons. The first-order chi connectivity index (χ1) is 13.4. The van der Waals surface area contributed by atoms with E-state index in [0.29, 0.717) is 25.9 Å². The quantitative estimate of drug-likeness (QED) is 0.761. The van der Waals surface area contributed by atoms with Crippen LogP contribution in [0.1, 0.15) is 29.5 Å². The van der Waals surface area contributed by atoms with Crippen molar-refractivity contribution < 1.29 is 14.7 Å². The van der Waals surface area contributed by atoms with Gasteiger partial charge in [-0.2, -0.15) is 0 Å². The van der Waals surface area contributed by atoms with Gasteiger partial charge in [-0.15, -0.1) is 0 Å². The Morgan fingerprint density at radius 1 is 1.00 bits per heavy atom. The molecule has 0 radical (unpaired) electrons. The second-order valence-electron chi connectivity index (χ2n) is 7.44. The summed E-state index contributed by atoms with van der Waals surface area (Å²) in [5.74, 6) is -0.353. The molecule has 1 aliphatic heterocycles. The van der Waals surface area contributed by atoms with E-state index in [0.717, 1.165) is 22.4 Å². The molecule has 3 N–H and O–H groups in total. The van der Waals surface area contributed by atoms with Crippen molar-refractivity contribution in [1.82, 2.24) is 10.2 Å². The molecule has 0 unspecified atom stereocenters. The van der Waals surface area contributed by atoms with Gasteiger partial charge in [-0.3, -0.25) is 15.0 Å². The van der Waals surface area contributed by atoms with Gasteiger partial charge in [-0.25, -0.2) is 4.79 Å². The maximum atomic E-state index is 12.2. The number of para-hydroxylation sites is 1. The summed E-state index contributed by atoms with van der Waals surface area (Å²) >= 11 is 0. The Labute approximate surface area is 165 Å². The molecule has 0 atom stereocenters. The molecule has 2 aromatic rings. The number of anilines is 1. The molecule has 1 saturated heterocycles. The van der Waals surface area contributed by atoms with Crippen LogP contribution in [-0.4, -0.2) is 41.6 Å². The fourth-order valence-corrected chi connectivity index (χ4v) is 3.64. The molecule has 1 fully saturated rings. The SMILES string of the molecule is Cc1cccc(C)c1NC(=O)NC(=O)CN1CCC(O)(c2ccccc2)CC1. The number of carbonyl (C=O) groups is 2. The molecule has 0 bridgehead atoms. The summed E-state index contributed by atoms with van der Waals surface area (Å²) in [6.45, 7) is 5.14. The van der Waals surface area contributed by atoms with E-state index in [1.54, 1.807) is 0 Å². The van der Waals surface area contributed by atoms with Crippen LogP contribution in [-0.2, 0) is 10.4 Å². The van der Waals surface area contributed by atoms with Crippen LogP contribution in [0, 0.1) is 13.8 Å². The molecule has 0 saturated carbocycles. The average Bonchev–Trinajstić information content (AvgIpc) is 2.67. The number of hydrogen-bond acceptors (Lipinski definition) is 4. The van der Waals surface area contributed by atoms with Crippen LogP contribution < -0.4 is 10.6 Å². The molecule has 6 nitrogen and oxygen atoms in total. The normalized spacial score (nSPS) is 16.4. The summed E-state index contributed by atoms with van der Waals surface area (Å²) in [6.07, 6.45) is 1.11. The minimum absolute atomic E-state index is 0.130. The maximum absolute atomic E-state index is 12.2. The van der Waals surface area contributed by atoms with Gasteiger partial charge in [0.1, 0.15) is 0 Å². The van der Waals surface area contributed by atoms with E-state index in [2.05, 4.69) is 10.6 Å². The van der Waals surface area contributed by atoms with E-state index in [9.17, 15) is 14.7 Å². The lowest BCUT2D eigenvalue weighted by Gasteiger charge is -2.38. The van der Waals surface area contributed by atoms with E-state index in [4.69, 9.17) is 0 Å². The summed E-state index contributed by atoms with van der Waals surface area (Å²) in [4.78, 5) is 26.3. The van der Waals surface area contributed by atoms with Crippen LogP contribution in [0.2, 0.25) is 0 Å². The lowest BCUT2D eigenvalue weighted by atomic mass is 9.84. The van der Waals surface area contributed by atoms with Crippen LogP contribution in [0.3, 0.4) is 0 Å². The van der Waals surface area contributed by atoms with Crippen molar-refractivity contribution in [3.8, 4) is 0 Å². The van der Waals surface area contributed by atoms with Gasteiger partial charge in [0.25, 0.3) is 0 Å². The van der Waals surface area contributed by atoms with Crippen LogP contribution in [0.25, 0.3) is 0 Å². The molecular formula is C22H27N3O3. The zero-order valence-electron chi connectivity index (χ0n) is 16.4. The number of rotatable bonds is 4. The summed E-state index contributed by atoms with van der Waals surface area (Å²) in [6, 6.07) is 14.8. The zero-order valence-corrected chi connectivity index (χ0v) is 16.4. The monoisotopic (exact) mass is 381 g/mol. The smallest absolute Gasteiger partial charge is 0.325 e. The minimum atomic E-state index is -0.853. The van der Waals surface area contributed by atoms with Crippen LogP contribution >= 0.6 is 0 Å². The number of likely N-dealkylation sites (tertiary alicyclic amines) is 1. The highest BCUT2D eigenvalue weighted by molar-refractivity contribution is 6.02. The highest BCUT2D eigenvalue weighted by Crippen LogP contribution is 2.32. The van der Waals surface area contributed by atoms with E-state index < -0.39 is 11.6 Å². The lowest BCUT2D eigenvalue weighted by molar-refractivity contribution is -0.122. The number of nitrogens with zero attached hydrogens (tertiary/aromatic N) is 1. The van der Waals surface area contributed by atoms with Crippen molar-refractivity contribution in [1.29, 1.82) is 0 Å². The Bertz CT molecular complexity index is 823. The van der Waals surface area contributed by atoms with E-state index >= 15 is 0 Å². The molecule has 3 rings (SSSR count). The number of aliphatic hydroxyl groups is 1. The molecule has 6 heteroatoms. The number of benzene rings is 2. The Kier molecular flexibility index (Phi) is 6.11. The first-order valence-corrected chi connectivity index (χ1v) is 9.55. The number of amides is 3. The third-order valence-corrected chi connectivity index (χ3v) is 5.33. The number of imide groups is 1. The summed E-state index contributed by atoms with van der Waals surface area (Å²) < 4.78 is 0. The van der Waals surface area contributed by atoms with E-state index in [1.165, 1.54) is 0 Å². The third kappa shape index (κ3) is 4.77. The molecule has 1 aliphatic rings. The van der Waals surface area contributed by atoms with Crippen LogP contribution in [0.4, 0.5) is 10.5 Å². The fraction of sp³-hybridized carbons (Fsp3) is 0.364. The van der Waals surface area contributed by atoms with Crippen molar-refractivity contribution >= 4 is 17.6 Å². The Morgan fingerprint density at radius 3 is 2.21 bits per heavy atom. The topological polar surface area (TPSA) is 81.7 Å². The van der Waals surface area contributed by atoms with Crippen molar-refractivity contribution in [2.45, 2.75) is 32.3 Å². The van der Waals surface area contributed by atoms with Crippen molar-refractivity contribution in [3.05, 3.63) is 65.2 Å². The number of aryl methyl sites for hydroxylation is 2. The second kappa shape index (κ2) is 8.54. The van der Waals surface area contributed by atoms with Gasteiger partial charge in [-0.05, 0) is 43.4 Å². The first-order valence-electron chi connectivity index (χ1n) is 9.55. The van der Waals surface area contributed by atoms with Crippen molar-refractivity contribution in [2.75, 3.05) is 25.0 Å². The molecule has 0 aliphatic carbocycles. The second-order valence-corrected chi connectivity index (χ2v) is 7.44. The van der Waals surface area contributed by atoms with Gasteiger partial charge < -0.3 is 10.4 Å². The maximum Gasteiger partial charge on any atom is 0.325 e.